The minimum absolute atomic E-state index is 0.0135. The van der Waals surface area contributed by atoms with Gasteiger partial charge in [-0.2, -0.15) is 0 Å². The summed E-state index contributed by atoms with van der Waals surface area (Å²) in [6.07, 6.45) is 1.75. The highest BCUT2D eigenvalue weighted by molar-refractivity contribution is 5.95. The van der Waals surface area contributed by atoms with Gasteiger partial charge in [0, 0.05) is 25.2 Å². The fourth-order valence-corrected chi connectivity index (χ4v) is 2.32. The van der Waals surface area contributed by atoms with Gasteiger partial charge in [0.25, 0.3) is 5.91 Å². The molecule has 4 nitrogen and oxygen atoms in total. The van der Waals surface area contributed by atoms with E-state index in [4.69, 9.17) is 4.74 Å². The molecule has 1 aromatic rings. The highest BCUT2D eigenvalue weighted by atomic mass is 16.5. The molecule has 0 saturated carbocycles. The summed E-state index contributed by atoms with van der Waals surface area (Å²) in [4.78, 5) is 16.5. The molecular formula is C16H22N2O2. The maximum atomic E-state index is 12.6. The predicted octanol–water partition coefficient (Wildman–Crippen LogP) is 2.55. The molecule has 4 heteroatoms. The normalized spacial score (nSPS) is 13.7. The van der Waals surface area contributed by atoms with Crippen LogP contribution in [0.3, 0.4) is 0 Å². The van der Waals surface area contributed by atoms with Crippen molar-refractivity contribution in [1.29, 1.82) is 0 Å². The summed E-state index contributed by atoms with van der Waals surface area (Å²) in [7, 11) is 2.03. The van der Waals surface area contributed by atoms with Crippen LogP contribution in [0.1, 0.15) is 24.2 Å². The molecule has 108 valence electrons. The van der Waals surface area contributed by atoms with Gasteiger partial charge < -0.3 is 14.5 Å². The standard InChI is InChI=1S/C16H22N2O2/c1-5-8-18(12(2)3)16(19)13-6-7-14-15(11-13)20-10-9-17(14)4/h5-7,11-12H,1,8-10H2,2-4H3. The van der Waals surface area contributed by atoms with Gasteiger partial charge in [-0.15, -0.1) is 6.58 Å². The van der Waals surface area contributed by atoms with E-state index in [1.54, 1.807) is 11.0 Å². The zero-order valence-corrected chi connectivity index (χ0v) is 12.4. The molecule has 1 aliphatic heterocycles. The first-order valence-electron chi connectivity index (χ1n) is 6.94. The van der Waals surface area contributed by atoms with Crippen LogP contribution in [0.5, 0.6) is 5.75 Å². The number of ether oxygens (including phenoxy) is 1. The third-order valence-corrected chi connectivity index (χ3v) is 3.51. The number of hydrogen-bond donors (Lipinski definition) is 0. The largest absolute Gasteiger partial charge is 0.490 e. The van der Waals surface area contributed by atoms with E-state index in [2.05, 4.69) is 11.5 Å². The number of likely N-dealkylation sites (N-methyl/N-ethyl adjacent to an activating group) is 1. The van der Waals surface area contributed by atoms with Crippen LogP contribution in [0.25, 0.3) is 0 Å². The van der Waals surface area contributed by atoms with Gasteiger partial charge in [-0.1, -0.05) is 6.08 Å². The van der Waals surface area contributed by atoms with Gasteiger partial charge in [0.05, 0.1) is 12.2 Å². The van der Waals surface area contributed by atoms with Crippen LogP contribution in [0.4, 0.5) is 5.69 Å². The van der Waals surface area contributed by atoms with Gasteiger partial charge in [-0.3, -0.25) is 4.79 Å². The average molecular weight is 274 g/mol. The Hall–Kier alpha value is -1.97. The molecule has 0 unspecified atom stereocenters. The van der Waals surface area contributed by atoms with Crippen molar-refractivity contribution < 1.29 is 9.53 Å². The van der Waals surface area contributed by atoms with Crippen molar-refractivity contribution in [2.45, 2.75) is 19.9 Å². The summed E-state index contributed by atoms with van der Waals surface area (Å²) in [5.74, 6) is 0.798. The molecule has 0 atom stereocenters. The smallest absolute Gasteiger partial charge is 0.254 e. The zero-order chi connectivity index (χ0) is 14.7. The lowest BCUT2D eigenvalue weighted by Crippen LogP contribution is -2.37. The first-order valence-corrected chi connectivity index (χ1v) is 6.94. The topological polar surface area (TPSA) is 32.8 Å². The van der Waals surface area contributed by atoms with Crippen molar-refractivity contribution in [2.75, 3.05) is 31.6 Å². The summed E-state index contributed by atoms with van der Waals surface area (Å²) in [5.41, 5.74) is 1.70. The van der Waals surface area contributed by atoms with Crippen LogP contribution >= 0.6 is 0 Å². The Bertz CT molecular complexity index is 511. The van der Waals surface area contributed by atoms with Crippen molar-refractivity contribution in [3.8, 4) is 5.75 Å². The number of carbonyl (C=O) groups excluding carboxylic acids is 1. The first kappa shape index (κ1) is 14.4. The second-order valence-electron chi connectivity index (χ2n) is 5.29. The van der Waals surface area contributed by atoms with Crippen molar-refractivity contribution in [2.24, 2.45) is 0 Å². The number of rotatable bonds is 4. The fraction of sp³-hybridized carbons (Fsp3) is 0.438. The summed E-state index contributed by atoms with van der Waals surface area (Å²) >= 11 is 0. The minimum atomic E-state index is 0.0135. The molecule has 1 amide bonds. The lowest BCUT2D eigenvalue weighted by atomic mass is 10.1. The van der Waals surface area contributed by atoms with Crippen molar-refractivity contribution in [3.05, 3.63) is 36.4 Å². The van der Waals surface area contributed by atoms with Crippen LogP contribution < -0.4 is 9.64 Å². The number of amides is 1. The third kappa shape index (κ3) is 2.79. The molecule has 0 aromatic heterocycles. The number of nitrogens with zero attached hydrogens (tertiary/aromatic N) is 2. The first-order chi connectivity index (χ1) is 9.54. The monoisotopic (exact) mass is 274 g/mol. The molecule has 1 aliphatic rings. The lowest BCUT2D eigenvalue weighted by Gasteiger charge is -2.29. The second kappa shape index (κ2) is 5.99. The summed E-state index contributed by atoms with van der Waals surface area (Å²) in [6, 6.07) is 5.80. The second-order valence-corrected chi connectivity index (χ2v) is 5.29. The number of anilines is 1. The quantitative estimate of drug-likeness (QED) is 0.791. The van der Waals surface area contributed by atoms with Crippen LogP contribution in [-0.4, -0.2) is 43.6 Å². The summed E-state index contributed by atoms with van der Waals surface area (Å²) < 4.78 is 5.65. The molecule has 2 rings (SSSR count). The molecule has 0 radical (unpaired) electrons. The van der Waals surface area contributed by atoms with E-state index in [-0.39, 0.29) is 11.9 Å². The number of carbonyl (C=O) groups is 1. The molecule has 1 heterocycles. The minimum Gasteiger partial charge on any atom is -0.490 e. The van der Waals surface area contributed by atoms with Crippen LogP contribution in [0.15, 0.2) is 30.9 Å². The maximum Gasteiger partial charge on any atom is 0.254 e. The number of benzene rings is 1. The molecule has 1 aromatic carbocycles. The number of hydrogen-bond acceptors (Lipinski definition) is 3. The molecule has 0 fully saturated rings. The van der Waals surface area contributed by atoms with Gasteiger partial charge >= 0.3 is 0 Å². The average Bonchev–Trinajstić information content (AvgIpc) is 2.43. The van der Waals surface area contributed by atoms with E-state index in [0.717, 1.165) is 18.0 Å². The van der Waals surface area contributed by atoms with E-state index in [1.807, 2.05) is 39.1 Å². The van der Waals surface area contributed by atoms with Gasteiger partial charge in [-0.25, -0.2) is 0 Å². The Kier molecular flexibility index (Phi) is 4.32. The Morgan fingerprint density at radius 1 is 1.55 bits per heavy atom. The summed E-state index contributed by atoms with van der Waals surface area (Å²) in [6.45, 7) is 9.80. The zero-order valence-electron chi connectivity index (χ0n) is 12.4. The summed E-state index contributed by atoms with van der Waals surface area (Å²) in [5, 5.41) is 0. The Morgan fingerprint density at radius 3 is 2.95 bits per heavy atom. The molecular weight excluding hydrogens is 252 g/mol. The van der Waals surface area contributed by atoms with Crippen LogP contribution in [0.2, 0.25) is 0 Å². The molecule has 20 heavy (non-hydrogen) atoms. The molecule has 0 aliphatic carbocycles. The van der Waals surface area contributed by atoms with E-state index in [1.165, 1.54) is 0 Å². The van der Waals surface area contributed by atoms with E-state index < -0.39 is 0 Å². The van der Waals surface area contributed by atoms with Crippen LogP contribution in [-0.2, 0) is 0 Å². The van der Waals surface area contributed by atoms with Gasteiger partial charge in [0.15, 0.2) is 0 Å². The van der Waals surface area contributed by atoms with E-state index in [9.17, 15) is 4.79 Å². The number of fused-ring (bicyclic) bond motifs is 1. The highest BCUT2D eigenvalue weighted by Gasteiger charge is 2.21. The lowest BCUT2D eigenvalue weighted by molar-refractivity contribution is 0.0728. The fourth-order valence-electron chi connectivity index (χ4n) is 2.32. The Morgan fingerprint density at radius 2 is 2.30 bits per heavy atom. The maximum absolute atomic E-state index is 12.6. The third-order valence-electron chi connectivity index (χ3n) is 3.51. The van der Waals surface area contributed by atoms with Gasteiger partial charge in [0.2, 0.25) is 0 Å². The molecule has 0 spiro atoms. The van der Waals surface area contributed by atoms with Gasteiger partial charge in [-0.05, 0) is 32.0 Å². The Labute approximate surface area is 120 Å². The SMILES string of the molecule is C=CCN(C(=O)c1ccc2c(c1)OCCN2C)C(C)C. The highest BCUT2D eigenvalue weighted by Crippen LogP contribution is 2.31. The van der Waals surface area contributed by atoms with Crippen molar-refractivity contribution >= 4 is 11.6 Å². The Balaban J connectivity index is 2.28. The van der Waals surface area contributed by atoms with Crippen LogP contribution in [0, 0.1) is 0 Å². The van der Waals surface area contributed by atoms with E-state index in [0.29, 0.717) is 18.7 Å². The molecule has 0 bridgehead atoms. The van der Waals surface area contributed by atoms with E-state index >= 15 is 0 Å². The molecule has 0 saturated heterocycles. The van der Waals surface area contributed by atoms with Crippen molar-refractivity contribution in [3.63, 3.8) is 0 Å². The van der Waals surface area contributed by atoms with Crippen molar-refractivity contribution in [1.82, 2.24) is 4.90 Å². The predicted molar refractivity (Wildman–Crippen MR) is 81.6 cm³/mol. The molecule has 0 N–H and O–H groups in total. The van der Waals surface area contributed by atoms with Gasteiger partial charge in [0.1, 0.15) is 12.4 Å².